The lowest BCUT2D eigenvalue weighted by Crippen LogP contribution is -2.43. The molecule has 0 bridgehead atoms. The largest absolute Gasteiger partial charge is 0.443 e. The topological polar surface area (TPSA) is 41.6 Å². The number of anilines is 1. The number of likely N-dealkylation sites (N-methyl/N-ethyl adjacent to an activating group) is 1. The number of amides is 1. The minimum Gasteiger partial charge on any atom is -0.443 e. The van der Waals surface area contributed by atoms with Crippen molar-refractivity contribution in [2.45, 2.75) is 39.3 Å². The molecule has 1 heterocycles. The fourth-order valence-electron chi connectivity index (χ4n) is 2.52. The standard InChI is InChI=1S/C17H24N2O2/c1-6-18-15-12(2)11-19(16(20)21-17(3,4)5)14-10-8-7-9-13(14)15/h7-10,15,18H,2,6,11H2,1,3-5H3. The van der Waals surface area contributed by atoms with E-state index in [2.05, 4.69) is 18.8 Å². The highest BCUT2D eigenvalue weighted by molar-refractivity contribution is 5.90. The lowest BCUT2D eigenvalue weighted by atomic mass is 9.93. The van der Waals surface area contributed by atoms with E-state index in [0.29, 0.717) is 6.54 Å². The highest BCUT2D eigenvalue weighted by atomic mass is 16.6. The Morgan fingerprint density at radius 2 is 2.10 bits per heavy atom. The van der Waals surface area contributed by atoms with Crippen molar-refractivity contribution in [2.75, 3.05) is 18.0 Å². The maximum absolute atomic E-state index is 12.4. The van der Waals surface area contributed by atoms with Crippen LogP contribution in [0.3, 0.4) is 0 Å². The number of para-hydroxylation sites is 1. The van der Waals surface area contributed by atoms with Gasteiger partial charge in [0.25, 0.3) is 0 Å². The van der Waals surface area contributed by atoms with Gasteiger partial charge in [-0.15, -0.1) is 0 Å². The van der Waals surface area contributed by atoms with E-state index in [1.165, 1.54) is 0 Å². The highest BCUT2D eigenvalue weighted by Gasteiger charge is 2.32. The first-order valence-corrected chi connectivity index (χ1v) is 7.34. The van der Waals surface area contributed by atoms with Crippen LogP contribution >= 0.6 is 0 Å². The van der Waals surface area contributed by atoms with E-state index in [0.717, 1.165) is 23.4 Å². The molecule has 0 aromatic heterocycles. The van der Waals surface area contributed by atoms with Gasteiger partial charge in [-0.3, -0.25) is 4.90 Å². The third-order valence-corrected chi connectivity index (χ3v) is 3.33. The van der Waals surface area contributed by atoms with Crippen molar-refractivity contribution < 1.29 is 9.53 Å². The minimum atomic E-state index is -0.508. The molecule has 0 radical (unpaired) electrons. The van der Waals surface area contributed by atoms with Gasteiger partial charge in [0.2, 0.25) is 0 Å². The van der Waals surface area contributed by atoms with Crippen molar-refractivity contribution in [3.05, 3.63) is 42.0 Å². The van der Waals surface area contributed by atoms with Crippen LogP contribution in [0.1, 0.15) is 39.3 Å². The summed E-state index contributed by atoms with van der Waals surface area (Å²) in [6, 6.07) is 7.99. The number of rotatable bonds is 2. The molecule has 4 heteroatoms. The van der Waals surface area contributed by atoms with E-state index in [1.54, 1.807) is 4.90 Å². The summed E-state index contributed by atoms with van der Waals surface area (Å²) in [5.74, 6) is 0. The van der Waals surface area contributed by atoms with Crippen LogP contribution in [-0.4, -0.2) is 24.8 Å². The van der Waals surface area contributed by atoms with E-state index in [-0.39, 0.29) is 12.1 Å². The summed E-state index contributed by atoms with van der Waals surface area (Å²) in [6.45, 7) is 13.1. The maximum atomic E-state index is 12.4. The van der Waals surface area contributed by atoms with Gasteiger partial charge in [-0.1, -0.05) is 31.7 Å². The zero-order valence-electron chi connectivity index (χ0n) is 13.3. The van der Waals surface area contributed by atoms with E-state index in [1.807, 2.05) is 45.0 Å². The molecule has 0 spiro atoms. The van der Waals surface area contributed by atoms with Crippen LogP contribution in [0.2, 0.25) is 0 Å². The van der Waals surface area contributed by atoms with Crippen LogP contribution in [0.25, 0.3) is 0 Å². The fraction of sp³-hybridized carbons (Fsp3) is 0.471. The number of hydrogen-bond donors (Lipinski definition) is 1. The van der Waals surface area contributed by atoms with Crippen LogP contribution in [-0.2, 0) is 4.74 Å². The number of fused-ring (bicyclic) bond motifs is 1. The van der Waals surface area contributed by atoms with E-state index in [4.69, 9.17) is 4.74 Å². The molecule has 21 heavy (non-hydrogen) atoms. The Balaban J connectivity index is 2.35. The average molecular weight is 288 g/mol. The van der Waals surface area contributed by atoms with Crippen molar-refractivity contribution in [1.29, 1.82) is 0 Å². The number of carbonyl (C=O) groups excluding carboxylic acids is 1. The number of carbonyl (C=O) groups is 1. The lowest BCUT2D eigenvalue weighted by Gasteiger charge is -2.37. The summed E-state index contributed by atoms with van der Waals surface area (Å²) in [5.41, 5.74) is 2.43. The molecule has 1 atom stereocenters. The lowest BCUT2D eigenvalue weighted by molar-refractivity contribution is 0.0581. The number of ether oxygens (including phenoxy) is 1. The van der Waals surface area contributed by atoms with Gasteiger partial charge in [-0.05, 0) is 44.5 Å². The van der Waals surface area contributed by atoms with Gasteiger partial charge in [0.15, 0.2) is 0 Å². The van der Waals surface area contributed by atoms with E-state index < -0.39 is 5.60 Å². The third-order valence-electron chi connectivity index (χ3n) is 3.33. The summed E-state index contributed by atoms with van der Waals surface area (Å²) in [6.07, 6.45) is -0.328. The first-order valence-electron chi connectivity index (χ1n) is 7.34. The highest BCUT2D eigenvalue weighted by Crippen LogP contribution is 2.36. The first kappa shape index (κ1) is 15.6. The molecule has 1 aliphatic rings. The third kappa shape index (κ3) is 3.45. The van der Waals surface area contributed by atoms with Crippen LogP contribution < -0.4 is 10.2 Å². The second-order valence-electron chi connectivity index (χ2n) is 6.27. The molecule has 0 aliphatic carbocycles. The van der Waals surface area contributed by atoms with E-state index >= 15 is 0 Å². The summed E-state index contributed by atoms with van der Waals surface area (Å²) >= 11 is 0. The van der Waals surface area contributed by atoms with Crippen LogP contribution in [0.4, 0.5) is 10.5 Å². The second-order valence-corrected chi connectivity index (χ2v) is 6.27. The van der Waals surface area contributed by atoms with Gasteiger partial charge in [0.05, 0.1) is 18.3 Å². The molecule has 114 valence electrons. The Kier molecular flexibility index (Phi) is 4.37. The summed E-state index contributed by atoms with van der Waals surface area (Å²) < 4.78 is 5.50. The number of nitrogens with one attached hydrogen (secondary N) is 1. The molecule has 0 saturated heterocycles. The Morgan fingerprint density at radius 3 is 2.71 bits per heavy atom. The van der Waals surface area contributed by atoms with Crippen molar-refractivity contribution in [1.82, 2.24) is 5.32 Å². The molecule has 4 nitrogen and oxygen atoms in total. The van der Waals surface area contributed by atoms with Crippen molar-refractivity contribution >= 4 is 11.8 Å². The Morgan fingerprint density at radius 1 is 1.43 bits per heavy atom. The van der Waals surface area contributed by atoms with Crippen LogP contribution in [0.15, 0.2) is 36.4 Å². The number of hydrogen-bond acceptors (Lipinski definition) is 3. The molecular weight excluding hydrogens is 264 g/mol. The summed E-state index contributed by atoms with van der Waals surface area (Å²) in [7, 11) is 0. The predicted octanol–water partition coefficient (Wildman–Crippen LogP) is 3.65. The Bertz CT molecular complexity index is 546. The summed E-state index contributed by atoms with van der Waals surface area (Å²) in [4.78, 5) is 14.1. The van der Waals surface area contributed by atoms with Gasteiger partial charge >= 0.3 is 6.09 Å². The van der Waals surface area contributed by atoms with Gasteiger partial charge in [0, 0.05) is 0 Å². The van der Waals surface area contributed by atoms with Gasteiger partial charge in [-0.25, -0.2) is 4.79 Å². The first-order chi connectivity index (χ1) is 9.83. The summed E-state index contributed by atoms with van der Waals surface area (Å²) in [5, 5.41) is 3.42. The van der Waals surface area contributed by atoms with Crippen LogP contribution in [0.5, 0.6) is 0 Å². The predicted molar refractivity (Wildman–Crippen MR) is 85.6 cm³/mol. The SMILES string of the molecule is C=C1CN(C(=O)OC(C)(C)C)c2ccccc2C1NCC. The smallest absolute Gasteiger partial charge is 0.415 e. The number of benzene rings is 1. The minimum absolute atomic E-state index is 0.0879. The quantitative estimate of drug-likeness (QED) is 0.845. The zero-order valence-corrected chi connectivity index (χ0v) is 13.3. The fourth-order valence-corrected chi connectivity index (χ4v) is 2.52. The van der Waals surface area contributed by atoms with Crippen molar-refractivity contribution in [3.63, 3.8) is 0 Å². The molecule has 1 N–H and O–H groups in total. The normalized spacial score (nSPS) is 18.4. The molecule has 1 amide bonds. The van der Waals surface area contributed by atoms with Crippen molar-refractivity contribution in [2.24, 2.45) is 0 Å². The maximum Gasteiger partial charge on any atom is 0.415 e. The van der Waals surface area contributed by atoms with Crippen molar-refractivity contribution in [3.8, 4) is 0 Å². The molecule has 0 fully saturated rings. The van der Waals surface area contributed by atoms with Gasteiger partial charge in [-0.2, -0.15) is 0 Å². The van der Waals surface area contributed by atoms with Crippen LogP contribution in [0, 0.1) is 0 Å². The van der Waals surface area contributed by atoms with Gasteiger partial charge in [0.1, 0.15) is 5.60 Å². The molecule has 1 aliphatic heterocycles. The zero-order chi connectivity index (χ0) is 15.6. The molecular formula is C17H24N2O2. The number of nitrogens with zero attached hydrogens (tertiary/aromatic N) is 1. The van der Waals surface area contributed by atoms with E-state index in [9.17, 15) is 4.79 Å². The molecule has 2 rings (SSSR count). The molecule has 1 aromatic carbocycles. The Labute approximate surface area is 126 Å². The molecule has 1 aromatic rings. The second kappa shape index (κ2) is 5.90. The molecule has 1 unspecified atom stereocenters. The Hall–Kier alpha value is -1.81. The average Bonchev–Trinajstić information content (AvgIpc) is 2.39. The monoisotopic (exact) mass is 288 g/mol. The molecule has 0 saturated carbocycles. The van der Waals surface area contributed by atoms with Gasteiger partial charge < -0.3 is 10.1 Å².